The Balaban J connectivity index is 2.08. The number of hydrogen-bond donors (Lipinski definition) is 1. The molecule has 0 spiro atoms. The molecule has 0 atom stereocenters. The Labute approximate surface area is 135 Å². The maximum absolute atomic E-state index is 8.91. The van der Waals surface area contributed by atoms with Crippen LogP contribution in [-0.2, 0) is 6.54 Å². The van der Waals surface area contributed by atoms with Crippen LogP contribution < -0.4 is 0 Å². The fourth-order valence-corrected chi connectivity index (χ4v) is 2.73. The van der Waals surface area contributed by atoms with Crippen molar-refractivity contribution in [3.05, 3.63) is 35.4 Å². The van der Waals surface area contributed by atoms with Crippen molar-refractivity contribution in [3.63, 3.8) is 0 Å². The molecule has 0 saturated carbocycles. The Morgan fingerprint density at radius 2 is 1.71 bits per heavy atom. The molecule has 0 aliphatic rings. The van der Waals surface area contributed by atoms with Gasteiger partial charge >= 0.3 is 0 Å². The molecule has 0 heterocycles. The second-order valence-corrected chi connectivity index (χ2v) is 6.20. The number of benzene rings is 1. The van der Waals surface area contributed by atoms with Crippen molar-refractivity contribution in [3.8, 4) is 6.07 Å². The SMILES string of the molecule is CN(CCCCCCCCCS)Cc1cccc(C#N)c1. The van der Waals surface area contributed by atoms with Crippen molar-refractivity contribution in [2.24, 2.45) is 0 Å². The van der Waals surface area contributed by atoms with Crippen LogP contribution in [0.25, 0.3) is 0 Å². The summed E-state index contributed by atoms with van der Waals surface area (Å²) in [7, 11) is 2.16. The Morgan fingerprint density at radius 1 is 1.05 bits per heavy atom. The maximum Gasteiger partial charge on any atom is 0.0991 e. The van der Waals surface area contributed by atoms with E-state index in [0.29, 0.717) is 0 Å². The van der Waals surface area contributed by atoms with Gasteiger partial charge in [0.2, 0.25) is 0 Å². The van der Waals surface area contributed by atoms with Crippen LogP contribution in [0.5, 0.6) is 0 Å². The molecule has 0 aromatic heterocycles. The van der Waals surface area contributed by atoms with E-state index >= 15 is 0 Å². The zero-order chi connectivity index (χ0) is 15.3. The van der Waals surface area contributed by atoms with E-state index in [4.69, 9.17) is 5.26 Å². The maximum atomic E-state index is 8.91. The van der Waals surface area contributed by atoms with Crippen molar-refractivity contribution in [2.45, 2.75) is 51.5 Å². The summed E-state index contributed by atoms with van der Waals surface area (Å²) in [6.45, 7) is 2.06. The molecule has 0 saturated heterocycles. The van der Waals surface area contributed by atoms with Gasteiger partial charge < -0.3 is 4.90 Å². The van der Waals surface area contributed by atoms with E-state index < -0.39 is 0 Å². The lowest BCUT2D eigenvalue weighted by Crippen LogP contribution is -2.19. The van der Waals surface area contributed by atoms with Crippen LogP contribution in [0.2, 0.25) is 0 Å². The van der Waals surface area contributed by atoms with E-state index in [0.717, 1.165) is 24.4 Å². The van der Waals surface area contributed by atoms with Gasteiger partial charge in [-0.25, -0.2) is 0 Å². The summed E-state index contributed by atoms with van der Waals surface area (Å²) in [6.07, 6.45) is 9.25. The summed E-state index contributed by atoms with van der Waals surface area (Å²) >= 11 is 4.23. The highest BCUT2D eigenvalue weighted by atomic mass is 32.1. The zero-order valence-corrected chi connectivity index (χ0v) is 14.1. The number of rotatable bonds is 11. The van der Waals surface area contributed by atoms with Gasteiger partial charge in [-0.1, -0.05) is 44.2 Å². The molecule has 0 fully saturated rings. The largest absolute Gasteiger partial charge is 0.302 e. The van der Waals surface area contributed by atoms with Crippen molar-refractivity contribution in [1.29, 1.82) is 5.26 Å². The molecule has 2 nitrogen and oxygen atoms in total. The normalized spacial score (nSPS) is 10.8. The lowest BCUT2D eigenvalue weighted by Gasteiger charge is -2.16. The summed E-state index contributed by atoms with van der Waals surface area (Å²) < 4.78 is 0. The van der Waals surface area contributed by atoms with E-state index in [2.05, 4.69) is 36.7 Å². The third-order valence-corrected chi connectivity index (χ3v) is 4.02. The van der Waals surface area contributed by atoms with Crippen LogP contribution in [0.3, 0.4) is 0 Å². The molecule has 3 heteroatoms. The fraction of sp³-hybridized carbons (Fsp3) is 0.611. The lowest BCUT2D eigenvalue weighted by atomic mass is 10.1. The minimum absolute atomic E-state index is 0.752. The van der Waals surface area contributed by atoms with Crippen LogP contribution in [0, 0.1) is 11.3 Å². The van der Waals surface area contributed by atoms with Gasteiger partial charge in [-0.15, -0.1) is 0 Å². The molecule has 0 aliphatic heterocycles. The molecule has 0 N–H and O–H groups in total. The minimum Gasteiger partial charge on any atom is -0.302 e. The highest BCUT2D eigenvalue weighted by Crippen LogP contribution is 2.10. The Bertz CT molecular complexity index is 425. The van der Waals surface area contributed by atoms with Crippen LogP contribution in [0.15, 0.2) is 24.3 Å². The molecule has 0 aliphatic carbocycles. The first kappa shape index (κ1) is 18.1. The van der Waals surface area contributed by atoms with Crippen molar-refractivity contribution < 1.29 is 0 Å². The lowest BCUT2D eigenvalue weighted by molar-refractivity contribution is 0.316. The number of nitriles is 1. The summed E-state index contributed by atoms with van der Waals surface area (Å²) in [5.74, 6) is 1.03. The van der Waals surface area contributed by atoms with Crippen molar-refractivity contribution >= 4 is 12.6 Å². The Morgan fingerprint density at radius 3 is 2.38 bits per heavy atom. The predicted octanol–water partition coefficient (Wildman–Crippen LogP) is 4.65. The van der Waals surface area contributed by atoms with E-state index in [1.807, 2.05) is 18.2 Å². The molecule has 1 aromatic rings. The average Bonchev–Trinajstić information content (AvgIpc) is 2.50. The molecule has 0 bridgehead atoms. The third kappa shape index (κ3) is 8.80. The molecule has 21 heavy (non-hydrogen) atoms. The van der Waals surface area contributed by atoms with Crippen LogP contribution >= 0.6 is 12.6 Å². The van der Waals surface area contributed by atoms with Crippen molar-refractivity contribution in [2.75, 3.05) is 19.3 Å². The molecule has 0 unspecified atom stereocenters. The van der Waals surface area contributed by atoms with Gasteiger partial charge in [-0.05, 0) is 49.9 Å². The smallest absolute Gasteiger partial charge is 0.0991 e. The average molecular weight is 305 g/mol. The molecular weight excluding hydrogens is 276 g/mol. The predicted molar refractivity (Wildman–Crippen MR) is 93.7 cm³/mol. The summed E-state index contributed by atoms with van der Waals surface area (Å²) in [6, 6.07) is 10.1. The molecule has 0 amide bonds. The second kappa shape index (κ2) is 11.7. The topological polar surface area (TPSA) is 27.0 Å². The van der Waals surface area contributed by atoms with E-state index in [9.17, 15) is 0 Å². The molecule has 0 radical (unpaired) electrons. The number of hydrogen-bond acceptors (Lipinski definition) is 3. The minimum atomic E-state index is 0.752. The highest BCUT2D eigenvalue weighted by molar-refractivity contribution is 7.80. The van der Waals surface area contributed by atoms with Crippen LogP contribution in [0.4, 0.5) is 0 Å². The highest BCUT2D eigenvalue weighted by Gasteiger charge is 2.01. The number of unbranched alkanes of at least 4 members (excludes halogenated alkanes) is 6. The number of nitrogens with zero attached hydrogens (tertiary/aromatic N) is 2. The Kier molecular flexibility index (Phi) is 10.0. The first-order valence-electron chi connectivity index (χ1n) is 8.04. The van der Waals surface area contributed by atoms with Gasteiger partial charge in [0.15, 0.2) is 0 Å². The van der Waals surface area contributed by atoms with E-state index in [1.54, 1.807) is 0 Å². The fourth-order valence-electron chi connectivity index (χ4n) is 2.51. The van der Waals surface area contributed by atoms with Gasteiger partial charge in [0.25, 0.3) is 0 Å². The molecule has 1 rings (SSSR count). The molecular formula is C18H28N2S. The second-order valence-electron chi connectivity index (χ2n) is 5.75. The summed E-state index contributed by atoms with van der Waals surface area (Å²) in [5, 5.41) is 8.91. The first-order chi connectivity index (χ1) is 10.3. The molecule has 1 aromatic carbocycles. The van der Waals surface area contributed by atoms with Crippen LogP contribution in [0.1, 0.15) is 56.1 Å². The standard InChI is InChI=1S/C18H28N2S/c1-20(12-7-5-3-2-4-6-8-13-21)16-18-11-9-10-17(14-18)15-19/h9-11,14,21H,2-8,12-13,16H2,1H3. The van der Waals surface area contributed by atoms with Gasteiger partial charge in [0, 0.05) is 6.54 Å². The number of thiol groups is 1. The van der Waals surface area contributed by atoms with E-state index in [-0.39, 0.29) is 0 Å². The Hall–Kier alpha value is -0.980. The quantitative estimate of drug-likeness (QED) is 0.476. The molecule has 116 valence electrons. The first-order valence-corrected chi connectivity index (χ1v) is 8.68. The summed E-state index contributed by atoms with van der Waals surface area (Å²) in [5.41, 5.74) is 1.98. The van der Waals surface area contributed by atoms with Crippen LogP contribution in [-0.4, -0.2) is 24.2 Å². The summed E-state index contributed by atoms with van der Waals surface area (Å²) in [4.78, 5) is 2.34. The third-order valence-electron chi connectivity index (χ3n) is 3.71. The van der Waals surface area contributed by atoms with Gasteiger partial charge in [0.1, 0.15) is 0 Å². The van der Waals surface area contributed by atoms with Gasteiger partial charge in [0.05, 0.1) is 11.6 Å². The van der Waals surface area contributed by atoms with Crippen molar-refractivity contribution in [1.82, 2.24) is 4.90 Å². The monoisotopic (exact) mass is 304 g/mol. The van der Waals surface area contributed by atoms with Gasteiger partial charge in [-0.3, -0.25) is 0 Å². The van der Waals surface area contributed by atoms with E-state index in [1.165, 1.54) is 50.5 Å². The zero-order valence-electron chi connectivity index (χ0n) is 13.2. The van der Waals surface area contributed by atoms with Gasteiger partial charge in [-0.2, -0.15) is 17.9 Å².